The van der Waals surface area contributed by atoms with Crippen LogP contribution < -0.4 is 10.3 Å². The molecule has 0 saturated heterocycles. The van der Waals surface area contributed by atoms with Crippen LogP contribution in [0.1, 0.15) is 42.6 Å². The molecule has 0 spiro atoms. The number of para-hydroxylation sites is 1. The maximum Gasteiger partial charge on any atom is 0.264 e. The number of hydrogen-bond donors (Lipinski definition) is 2. The lowest BCUT2D eigenvalue weighted by molar-refractivity contribution is 0.398. The number of ether oxygens (including phenoxy) is 1. The van der Waals surface area contributed by atoms with Crippen LogP contribution in [0, 0.1) is 4.77 Å². The third-order valence-electron chi connectivity index (χ3n) is 5.45. The van der Waals surface area contributed by atoms with Crippen molar-refractivity contribution in [1.82, 2.24) is 9.55 Å². The highest BCUT2D eigenvalue weighted by Crippen LogP contribution is 2.45. The zero-order valence-corrected chi connectivity index (χ0v) is 19.6. The van der Waals surface area contributed by atoms with Gasteiger partial charge in [0.1, 0.15) is 11.3 Å². The molecule has 1 atom stereocenters. The number of aromatic nitrogens is 2. The summed E-state index contributed by atoms with van der Waals surface area (Å²) in [7, 11) is 1.64. The number of aliphatic imine (C=N–C) groups is 1. The number of rotatable bonds is 6. The molecule has 1 aliphatic rings. The highest BCUT2D eigenvalue weighted by atomic mass is 32.2. The fourth-order valence-corrected chi connectivity index (χ4v) is 5.22. The number of fused-ring (bicyclic) bond motifs is 1. The first kappa shape index (κ1) is 22.4. The van der Waals surface area contributed by atoms with Crippen molar-refractivity contribution in [2.75, 3.05) is 7.11 Å². The van der Waals surface area contributed by atoms with Crippen LogP contribution in [-0.2, 0) is 6.54 Å². The van der Waals surface area contributed by atoms with Gasteiger partial charge in [0.05, 0.1) is 18.5 Å². The van der Waals surface area contributed by atoms with E-state index in [0.29, 0.717) is 18.7 Å². The summed E-state index contributed by atoms with van der Waals surface area (Å²) in [5.74, 6) is 0.664. The van der Waals surface area contributed by atoms with Crippen molar-refractivity contribution in [3.63, 3.8) is 0 Å². The molecule has 0 amide bonds. The van der Waals surface area contributed by atoms with E-state index >= 15 is 0 Å². The molecule has 0 fully saturated rings. The largest absolute Gasteiger partial charge is 0.497 e. The van der Waals surface area contributed by atoms with Gasteiger partial charge in [-0.2, -0.15) is 0 Å². The van der Waals surface area contributed by atoms with Gasteiger partial charge in [-0.1, -0.05) is 37.6 Å². The number of H-pyrrole nitrogens is 1. The maximum absolute atomic E-state index is 12.9. The van der Waals surface area contributed by atoms with E-state index in [1.165, 1.54) is 0 Å². The van der Waals surface area contributed by atoms with Gasteiger partial charge in [-0.3, -0.25) is 19.3 Å². The minimum atomic E-state index is -0.420. The number of hydrogen-bond acceptors (Lipinski definition) is 6. The summed E-state index contributed by atoms with van der Waals surface area (Å²) in [6.45, 7) is 2.60. The Balaban J connectivity index is 1.84. The molecule has 6 nitrogen and oxygen atoms in total. The van der Waals surface area contributed by atoms with Crippen LogP contribution in [0.25, 0.3) is 0 Å². The predicted molar refractivity (Wildman–Crippen MR) is 131 cm³/mol. The third-order valence-corrected chi connectivity index (χ3v) is 7.10. The first-order chi connectivity index (χ1) is 15.5. The van der Waals surface area contributed by atoms with Gasteiger partial charge in [0, 0.05) is 23.1 Å². The molecule has 32 heavy (non-hydrogen) atoms. The highest BCUT2D eigenvalue weighted by Gasteiger charge is 2.26. The predicted octanol–water partition coefficient (Wildman–Crippen LogP) is 5.78. The Morgan fingerprint density at radius 2 is 2.00 bits per heavy atom. The number of methoxy groups -OCH3 is 1. The molecule has 0 saturated carbocycles. The molecular formula is C24H25N3O3S2. The Hall–Kier alpha value is -2.84. The maximum atomic E-state index is 12.9. The lowest BCUT2D eigenvalue weighted by Crippen LogP contribution is -2.24. The van der Waals surface area contributed by atoms with E-state index in [1.807, 2.05) is 48.5 Å². The van der Waals surface area contributed by atoms with Crippen LogP contribution in [0.4, 0.5) is 5.69 Å². The van der Waals surface area contributed by atoms with Crippen molar-refractivity contribution in [2.45, 2.75) is 42.9 Å². The Morgan fingerprint density at radius 3 is 2.72 bits per heavy atom. The van der Waals surface area contributed by atoms with Crippen LogP contribution in [-0.4, -0.2) is 27.5 Å². The van der Waals surface area contributed by atoms with E-state index in [2.05, 4.69) is 11.9 Å². The molecule has 1 aromatic heterocycles. The Bertz CT molecular complexity index is 1260. The molecule has 0 aliphatic carbocycles. The smallest absolute Gasteiger partial charge is 0.264 e. The molecule has 8 heteroatoms. The molecule has 2 heterocycles. The first-order valence-corrected chi connectivity index (χ1v) is 11.8. The van der Waals surface area contributed by atoms with E-state index in [9.17, 15) is 9.90 Å². The lowest BCUT2D eigenvalue weighted by Gasteiger charge is -2.18. The standard InChI is InChI=1S/C24H25N3O3S2/c1-3-4-13-27-23(29)21(22(28)26-24(27)31)18-14-20(15-9-11-16(30-2)12-10-15)32-19-8-6-5-7-17(19)25-18/h5-12,20,29H,3-4,13-14H2,1-2H3,(H,26,28,31)/t20-/m1/s1. The second-order valence-electron chi connectivity index (χ2n) is 7.57. The molecule has 1 aliphatic heterocycles. The third kappa shape index (κ3) is 4.52. The number of aromatic hydroxyl groups is 1. The van der Waals surface area contributed by atoms with Crippen LogP contribution in [0.2, 0.25) is 0 Å². The zero-order valence-electron chi connectivity index (χ0n) is 18.0. The van der Waals surface area contributed by atoms with Crippen molar-refractivity contribution in [1.29, 1.82) is 0 Å². The van der Waals surface area contributed by atoms with Crippen molar-refractivity contribution in [3.8, 4) is 11.6 Å². The van der Waals surface area contributed by atoms with E-state index in [1.54, 1.807) is 23.4 Å². The van der Waals surface area contributed by atoms with E-state index in [0.717, 1.165) is 34.7 Å². The molecule has 0 unspecified atom stereocenters. The quantitative estimate of drug-likeness (QED) is 0.449. The molecule has 2 N–H and O–H groups in total. The van der Waals surface area contributed by atoms with Gasteiger partial charge >= 0.3 is 0 Å². The number of thioether (sulfide) groups is 1. The molecule has 166 valence electrons. The number of aromatic amines is 1. The second kappa shape index (κ2) is 9.75. The second-order valence-corrected chi connectivity index (χ2v) is 9.20. The van der Waals surface area contributed by atoms with Gasteiger partial charge in [-0.25, -0.2) is 0 Å². The monoisotopic (exact) mass is 467 g/mol. The van der Waals surface area contributed by atoms with Gasteiger partial charge in [0.15, 0.2) is 4.77 Å². The van der Waals surface area contributed by atoms with Crippen molar-refractivity contribution in [2.24, 2.45) is 4.99 Å². The Kier molecular flexibility index (Phi) is 6.81. The first-order valence-electron chi connectivity index (χ1n) is 10.6. The van der Waals surface area contributed by atoms with Gasteiger partial charge < -0.3 is 9.84 Å². The summed E-state index contributed by atoms with van der Waals surface area (Å²) in [6, 6.07) is 15.8. The van der Waals surface area contributed by atoms with Crippen molar-refractivity contribution >= 4 is 35.4 Å². The SMILES string of the molecule is CCCCn1c(O)c(C2=Nc3ccccc3S[C@@H](c3ccc(OC)cc3)C2)c(=O)[nH]c1=S. The summed E-state index contributed by atoms with van der Waals surface area (Å²) in [6.07, 6.45) is 2.26. The summed E-state index contributed by atoms with van der Waals surface area (Å²) in [5, 5.41) is 11.1. The number of nitrogens with zero attached hydrogens (tertiary/aromatic N) is 2. The zero-order chi connectivity index (χ0) is 22.7. The fraction of sp³-hybridized carbons (Fsp3) is 0.292. The molecule has 3 aromatic rings. The molecule has 4 rings (SSSR count). The average molecular weight is 468 g/mol. The topological polar surface area (TPSA) is 79.6 Å². The number of nitrogens with one attached hydrogen (secondary N) is 1. The fourth-order valence-electron chi connectivity index (χ4n) is 3.72. The van der Waals surface area contributed by atoms with Gasteiger partial charge in [-0.15, -0.1) is 11.8 Å². The van der Waals surface area contributed by atoms with Crippen molar-refractivity contribution < 1.29 is 9.84 Å². The lowest BCUT2D eigenvalue weighted by atomic mass is 10.0. The minimum absolute atomic E-state index is 0.00868. The normalized spacial score (nSPS) is 15.6. The van der Waals surface area contributed by atoms with Crippen LogP contribution in [0.3, 0.4) is 0 Å². The van der Waals surface area contributed by atoms with Crippen LogP contribution in [0.15, 0.2) is 63.2 Å². The van der Waals surface area contributed by atoms with Gasteiger partial charge in [0.2, 0.25) is 5.88 Å². The summed E-state index contributed by atoms with van der Waals surface area (Å²) in [4.78, 5) is 21.5. The summed E-state index contributed by atoms with van der Waals surface area (Å²) < 4.78 is 7.10. The highest BCUT2D eigenvalue weighted by molar-refractivity contribution is 7.99. The Labute approximate surface area is 196 Å². The minimum Gasteiger partial charge on any atom is -0.497 e. The number of benzene rings is 2. The molecule has 0 bridgehead atoms. The number of unbranched alkanes of at least 4 members (excludes halogenated alkanes) is 1. The average Bonchev–Trinajstić information content (AvgIpc) is 2.98. The van der Waals surface area contributed by atoms with Gasteiger partial charge in [-0.05, 0) is 48.5 Å². The van der Waals surface area contributed by atoms with Crippen LogP contribution >= 0.6 is 24.0 Å². The summed E-state index contributed by atoms with van der Waals surface area (Å²) >= 11 is 7.01. The Morgan fingerprint density at radius 1 is 1.25 bits per heavy atom. The van der Waals surface area contributed by atoms with E-state index in [-0.39, 0.29) is 21.5 Å². The van der Waals surface area contributed by atoms with E-state index < -0.39 is 5.56 Å². The van der Waals surface area contributed by atoms with Gasteiger partial charge in [0.25, 0.3) is 5.56 Å². The van der Waals surface area contributed by atoms with E-state index in [4.69, 9.17) is 21.9 Å². The van der Waals surface area contributed by atoms with Crippen molar-refractivity contribution in [3.05, 3.63) is 74.8 Å². The molecular weight excluding hydrogens is 442 g/mol. The molecule has 0 radical (unpaired) electrons. The summed E-state index contributed by atoms with van der Waals surface area (Å²) in [5.41, 5.74) is 2.18. The van der Waals surface area contributed by atoms with Crippen LogP contribution in [0.5, 0.6) is 11.6 Å². The molecule has 2 aromatic carbocycles.